The molecule has 0 radical (unpaired) electrons. The number of carbonyl (C=O) groups excluding carboxylic acids is 1. The second kappa shape index (κ2) is 36.4. The molecule has 1 aliphatic heterocycles. The van der Waals surface area contributed by atoms with Crippen molar-refractivity contribution in [2.75, 3.05) is 19.7 Å². The summed E-state index contributed by atoms with van der Waals surface area (Å²) in [6, 6.07) is 0. The molecular formula is C43H77N2O5PS. The van der Waals surface area contributed by atoms with Gasteiger partial charge in [-0.1, -0.05) is 192 Å². The van der Waals surface area contributed by atoms with Gasteiger partial charge in [-0.25, -0.2) is 9.98 Å². The Kier molecular flexibility index (Phi) is 33.9. The maximum atomic E-state index is 12.8. The number of esters is 1. The molecule has 0 amide bonds. The molecule has 1 atom stereocenters. The minimum Gasteiger partial charge on any atom is -0.402 e. The van der Waals surface area contributed by atoms with E-state index in [0.29, 0.717) is 13.0 Å². The van der Waals surface area contributed by atoms with E-state index in [0.717, 1.165) is 38.5 Å². The van der Waals surface area contributed by atoms with E-state index < -0.39 is 12.7 Å². The first-order valence-electron chi connectivity index (χ1n) is 21.4. The summed E-state index contributed by atoms with van der Waals surface area (Å²) < 4.78 is 17.0. The lowest BCUT2D eigenvalue weighted by Gasteiger charge is -2.18. The van der Waals surface area contributed by atoms with E-state index in [1.165, 1.54) is 135 Å². The van der Waals surface area contributed by atoms with Gasteiger partial charge in [-0.2, -0.15) is 0 Å². The van der Waals surface area contributed by atoms with Crippen LogP contribution in [0.4, 0.5) is 0 Å². The highest BCUT2D eigenvalue weighted by molar-refractivity contribution is 8.07. The zero-order valence-corrected chi connectivity index (χ0v) is 35.1. The summed E-state index contributed by atoms with van der Waals surface area (Å²) in [5.74, 6) is -0.560. The van der Waals surface area contributed by atoms with Gasteiger partial charge >= 0.3 is 12.7 Å². The highest BCUT2D eigenvalue weighted by Crippen LogP contribution is 2.44. The fourth-order valence-electron chi connectivity index (χ4n) is 6.12. The molecule has 0 aromatic heterocycles. The molecule has 1 aliphatic rings. The standard InChI is InChI=1S/C43H77N2O5PS/c1-3-5-7-9-11-13-15-17-19-20-21-23-25-27-29-33-37-41(46)49-42-43(45-39-35-31-30-34-38-44-42)50-51(47,52)48-40-36-32-28-26-24-22-18-16-14-12-10-8-6-4-2/h23,25,30-31,34-35H,3-22,24,26-29,32-33,36-40H2,1-2H3,(H,47,52)/b25-23+,34-30-,35-31-,44-42+,45-43+. The van der Waals surface area contributed by atoms with E-state index >= 15 is 0 Å². The average molecular weight is 765 g/mol. The van der Waals surface area contributed by atoms with Crippen LogP contribution in [0.2, 0.25) is 0 Å². The van der Waals surface area contributed by atoms with E-state index in [-0.39, 0.29) is 31.3 Å². The number of unbranched alkanes of at least 4 members (excludes halogenated alkanes) is 25. The van der Waals surface area contributed by atoms with Crippen molar-refractivity contribution in [3.63, 3.8) is 0 Å². The number of allylic oxidation sites excluding steroid dienone is 4. The summed E-state index contributed by atoms with van der Waals surface area (Å²) in [5, 5.41) is 0. The van der Waals surface area contributed by atoms with Gasteiger partial charge in [0.2, 0.25) is 0 Å². The lowest BCUT2D eigenvalue weighted by atomic mass is 10.0. The SMILES string of the molecule is CCCCCCCCCCCC/C=C/CCCCC(=O)OC1=N/C/C=C\C=C/C/N=C\1OP(O)(=S)OCCCCCCCCCCCCCCCC. The fraction of sp³-hybridized carbons (Fsp3) is 0.791. The number of rotatable bonds is 33. The smallest absolute Gasteiger partial charge is 0.379 e. The predicted octanol–water partition coefficient (Wildman–Crippen LogP) is 13.6. The Hall–Kier alpha value is -1.60. The van der Waals surface area contributed by atoms with Crippen LogP contribution < -0.4 is 0 Å². The van der Waals surface area contributed by atoms with Gasteiger partial charge in [0.25, 0.3) is 11.8 Å². The maximum Gasteiger partial charge on any atom is 0.379 e. The van der Waals surface area contributed by atoms with Crippen molar-refractivity contribution in [3.05, 3.63) is 36.5 Å². The Labute approximate surface area is 324 Å². The van der Waals surface area contributed by atoms with E-state index in [4.69, 9.17) is 25.6 Å². The van der Waals surface area contributed by atoms with E-state index in [2.05, 4.69) is 36.0 Å². The van der Waals surface area contributed by atoms with Crippen molar-refractivity contribution < 1.29 is 23.5 Å². The number of aliphatic imine (C=N–C) groups is 2. The molecule has 1 rings (SSSR count). The van der Waals surface area contributed by atoms with Crippen LogP contribution in [-0.2, 0) is 30.4 Å². The molecule has 1 heterocycles. The molecule has 0 aliphatic carbocycles. The summed E-state index contributed by atoms with van der Waals surface area (Å²) in [5.41, 5.74) is 0. The molecule has 0 aromatic rings. The third kappa shape index (κ3) is 31.9. The van der Waals surface area contributed by atoms with Crippen molar-refractivity contribution in [2.45, 2.75) is 200 Å². The molecular weight excluding hydrogens is 688 g/mol. The predicted molar refractivity (Wildman–Crippen MR) is 227 cm³/mol. The van der Waals surface area contributed by atoms with Gasteiger partial charge in [-0.15, -0.1) is 0 Å². The third-order valence-corrected chi connectivity index (χ3v) is 10.8. The fourth-order valence-corrected chi connectivity index (χ4v) is 7.32. The largest absolute Gasteiger partial charge is 0.402 e. The summed E-state index contributed by atoms with van der Waals surface area (Å²) in [6.45, 7) is 1.71. The topological polar surface area (TPSA) is 89.7 Å². The van der Waals surface area contributed by atoms with Crippen LogP contribution in [0.5, 0.6) is 0 Å². The monoisotopic (exact) mass is 765 g/mol. The van der Waals surface area contributed by atoms with Gasteiger partial charge in [0.1, 0.15) is 0 Å². The van der Waals surface area contributed by atoms with Gasteiger partial charge in [0, 0.05) is 18.2 Å². The van der Waals surface area contributed by atoms with E-state index in [9.17, 15) is 9.69 Å². The minimum atomic E-state index is -3.66. The third-order valence-electron chi connectivity index (χ3n) is 9.30. The van der Waals surface area contributed by atoms with Gasteiger partial charge in [-0.3, -0.25) is 9.32 Å². The van der Waals surface area contributed by atoms with Crippen LogP contribution in [0.15, 0.2) is 46.4 Å². The molecule has 0 aromatic carbocycles. The lowest BCUT2D eigenvalue weighted by Crippen LogP contribution is -2.25. The Morgan fingerprint density at radius 1 is 0.635 bits per heavy atom. The second-order valence-corrected chi connectivity index (χ2v) is 17.1. The molecule has 300 valence electrons. The average Bonchev–Trinajstić information content (AvgIpc) is 3.13. The van der Waals surface area contributed by atoms with E-state index in [1.54, 1.807) is 0 Å². The first kappa shape index (κ1) is 48.4. The first-order valence-corrected chi connectivity index (χ1v) is 24.0. The van der Waals surface area contributed by atoms with Crippen LogP contribution in [0.3, 0.4) is 0 Å². The van der Waals surface area contributed by atoms with Crippen LogP contribution in [0, 0.1) is 0 Å². The molecule has 0 bridgehead atoms. The Morgan fingerprint density at radius 2 is 1.04 bits per heavy atom. The van der Waals surface area contributed by atoms with Crippen molar-refractivity contribution in [1.29, 1.82) is 0 Å². The molecule has 0 saturated heterocycles. The Bertz CT molecular complexity index is 1060. The zero-order chi connectivity index (χ0) is 37.6. The van der Waals surface area contributed by atoms with Crippen molar-refractivity contribution >= 4 is 36.3 Å². The van der Waals surface area contributed by atoms with Crippen LogP contribution in [-0.4, -0.2) is 42.4 Å². The molecule has 0 spiro atoms. The van der Waals surface area contributed by atoms with Gasteiger partial charge in [0.15, 0.2) is 0 Å². The van der Waals surface area contributed by atoms with Crippen molar-refractivity contribution in [2.24, 2.45) is 9.98 Å². The van der Waals surface area contributed by atoms with Gasteiger partial charge in [-0.05, 0) is 38.5 Å². The van der Waals surface area contributed by atoms with Crippen molar-refractivity contribution in [1.82, 2.24) is 0 Å². The number of ether oxygens (including phenoxy) is 1. The lowest BCUT2D eigenvalue weighted by molar-refractivity contribution is -0.135. The zero-order valence-electron chi connectivity index (χ0n) is 33.4. The first-order chi connectivity index (χ1) is 25.5. The van der Waals surface area contributed by atoms with E-state index in [1.807, 2.05) is 24.3 Å². The number of nitrogens with zero attached hydrogens (tertiary/aromatic N) is 2. The summed E-state index contributed by atoms with van der Waals surface area (Å²) in [4.78, 5) is 32.4. The van der Waals surface area contributed by atoms with Gasteiger partial charge in [0.05, 0.1) is 19.7 Å². The molecule has 52 heavy (non-hydrogen) atoms. The minimum absolute atomic E-state index is 0.0651. The molecule has 9 heteroatoms. The molecule has 7 nitrogen and oxygen atoms in total. The summed E-state index contributed by atoms with van der Waals surface area (Å²) in [7, 11) is 0. The molecule has 1 N–H and O–H groups in total. The van der Waals surface area contributed by atoms with Crippen LogP contribution >= 0.6 is 6.72 Å². The number of hydrogen-bond donors (Lipinski definition) is 1. The van der Waals surface area contributed by atoms with Gasteiger partial charge < -0.3 is 14.2 Å². The molecule has 0 saturated carbocycles. The normalized spacial score (nSPS) is 17.9. The Morgan fingerprint density at radius 3 is 1.52 bits per heavy atom. The van der Waals surface area contributed by atoms with Crippen LogP contribution in [0.25, 0.3) is 0 Å². The highest BCUT2D eigenvalue weighted by Gasteiger charge is 2.25. The summed E-state index contributed by atoms with van der Waals surface area (Å²) in [6.07, 6.45) is 47.2. The molecule has 1 unspecified atom stereocenters. The number of carbonyl (C=O) groups is 1. The quantitative estimate of drug-likeness (QED) is 0.0310. The maximum absolute atomic E-state index is 12.8. The highest BCUT2D eigenvalue weighted by atomic mass is 32.5. The number of hydrogen-bond acceptors (Lipinski definition) is 7. The summed E-state index contributed by atoms with van der Waals surface area (Å²) >= 11 is 5.31. The van der Waals surface area contributed by atoms with Crippen LogP contribution in [0.1, 0.15) is 200 Å². The second-order valence-electron chi connectivity index (χ2n) is 14.3. The molecule has 0 fully saturated rings. The Balaban J connectivity index is 2.28. The van der Waals surface area contributed by atoms with Crippen molar-refractivity contribution in [3.8, 4) is 0 Å².